The van der Waals surface area contributed by atoms with Crippen LogP contribution in [0.5, 0.6) is 0 Å². The van der Waals surface area contributed by atoms with Crippen LogP contribution < -0.4 is 5.76 Å². The molecule has 1 aromatic heterocycles. The fraction of sp³-hybridized carbons (Fsp3) is 0.400. The van der Waals surface area contributed by atoms with E-state index in [0.29, 0.717) is 19.5 Å². The maximum Gasteiger partial charge on any atom is 0.434 e. The maximum absolute atomic E-state index is 14.0. The zero-order valence-electron chi connectivity index (χ0n) is 12.5. The summed E-state index contributed by atoms with van der Waals surface area (Å²) in [5, 5.41) is 15.2. The summed E-state index contributed by atoms with van der Waals surface area (Å²) in [5.74, 6) is -4.27. The van der Waals surface area contributed by atoms with E-state index < -0.39 is 35.2 Å². The molecule has 0 unspecified atom stereocenters. The third-order valence-electron chi connectivity index (χ3n) is 4.20. The number of H-pyrrole nitrogens is 1. The Hall–Kier alpha value is -2.55. The minimum atomic E-state index is -1.03. The highest BCUT2D eigenvalue weighted by molar-refractivity contribution is 5.72. The van der Waals surface area contributed by atoms with Gasteiger partial charge in [-0.25, -0.2) is 18.7 Å². The number of carboxylic acids is 1. The van der Waals surface area contributed by atoms with E-state index in [1.54, 1.807) is 0 Å². The Kier molecular flexibility index (Phi) is 4.43. The fourth-order valence-electron chi connectivity index (χ4n) is 3.06. The van der Waals surface area contributed by atoms with Crippen LogP contribution in [-0.4, -0.2) is 45.8 Å². The van der Waals surface area contributed by atoms with E-state index >= 15 is 0 Å². The number of likely N-dealkylation sites (tertiary alicyclic amines) is 1. The maximum atomic E-state index is 14.0. The van der Waals surface area contributed by atoms with Gasteiger partial charge >= 0.3 is 11.7 Å². The van der Waals surface area contributed by atoms with E-state index in [9.17, 15) is 23.5 Å². The summed E-state index contributed by atoms with van der Waals surface area (Å²) in [6.45, 7) is 0.955. The average molecular weight is 339 g/mol. The highest BCUT2D eigenvalue weighted by Gasteiger charge is 2.39. The largest absolute Gasteiger partial charge is 0.481 e. The van der Waals surface area contributed by atoms with Crippen LogP contribution in [0.25, 0.3) is 0 Å². The van der Waals surface area contributed by atoms with Gasteiger partial charge in [-0.3, -0.25) is 4.79 Å². The van der Waals surface area contributed by atoms with Gasteiger partial charge in [0.2, 0.25) is 5.89 Å². The van der Waals surface area contributed by atoms with Crippen molar-refractivity contribution in [3.63, 3.8) is 0 Å². The molecule has 1 fully saturated rings. The van der Waals surface area contributed by atoms with Gasteiger partial charge in [-0.2, -0.15) is 0 Å². The summed E-state index contributed by atoms with van der Waals surface area (Å²) in [4.78, 5) is 24.2. The van der Waals surface area contributed by atoms with Crippen LogP contribution in [0.1, 0.15) is 17.4 Å². The normalized spacial score (nSPS) is 21.2. The van der Waals surface area contributed by atoms with Gasteiger partial charge in [-0.15, -0.1) is 5.10 Å². The van der Waals surface area contributed by atoms with Crippen molar-refractivity contribution in [3.8, 4) is 0 Å². The molecule has 0 saturated carbocycles. The number of aromatic nitrogens is 2. The van der Waals surface area contributed by atoms with Crippen molar-refractivity contribution in [1.82, 2.24) is 15.1 Å². The van der Waals surface area contributed by atoms with Crippen molar-refractivity contribution in [2.45, 2.75) is 12.3 Å². The Morgan fingerprint density at radius 1 is 1.42 bits per heavy atom. The molecule has 1 aliphatic rings. The van der Waals surface area contributed by atoms with Gasteiger partial charge in [0.25, 0.3) is 0 Å². The fourth-order valence-corrected chi connectivity index (χ4v) is 3.06. The van der Waals surface area contributed by atoms with Crippen LogP contribution in [0.15, 0.2) is 27.4 Å². The lowest BCUT2D eigenvalue weighted by atomic mass is 9.88. The van der Waals surface area contributed by atoms with Crippen LogP contribution in [0, 0.1) is 17.6 Å². The molecule has 9 heteroatoms. The van der Waals surface area contributed by atoms with Crippen molar-refractivity contribution >= 4 is 5.97 Å². The molecule has 0 amide bonds. The molecule has 1 saturated heterocycles. The summed E-state index contributed by atoms with van der Waals surface area (Å²) in [6.07, 6.45) is 0.323. The Morgan fingerprint density at radius 2 is 2.21 bits per heavy atom. The van der Waals surface area contributed by atoms with Crippen molar-refractivity contribution in [1.29, 1.82) is 0 Å². The second kappa shape index (κ2) is 6.52. The van der Waals surface area contributed by atoms with Gasteiger partial charge in [0, 0.05) is 38.0 Å². The SMILES string of the molecule is O=C(O)[C@@H]1CN(CCc2n[nH]c(=O)o2)C[C@H]1c1ccc(F)cc1F. The second-order valence-corrected chi connectivity index (χ2v) is 5.73. The second-order valence-electron chi connectivity index (χ2n) is 5.73. The molecular weight excluding hydrogens is 324 g/mol. The van der Waals surface area contributed by atoms with Gasteiger partial charge in [-0.05, 0) is 11.6 Å². The topological polar surface area (TPSA) is 99.4 Å². The molecule has 3 rings (SSSR count). The highest BCUT2D eigenvalue weighted by atomic mass is 19.1. The summed E-state index contributed by atoms with van der Waals surface area (Å²) >= 11 is 0. The summed E-state index contributed by atoms with van der Waals surface area (Å²) in [6, 6.07) is 3.18. The average Bonchev–Trinajstić information content (AvgIpc) is 3.11. The third kappa shape index (κ3) is 3.35. The molecule has 2 heterocycles. The van der Waals surface area contributed by atoms with Crippen LogP contribution in [0.3, 0.4) is 0 Å². The molecule has 1 aromatic carbocycles. The van der Waals surface area contributed by atoms with Crippen LogP contribution in [0.2, 0.25) is 0 Å². The molecule has 0 aliphatic carbocycles. The van der Waals surface area contributed by atoms with Crippen molar-refractivity contribution in [2.75, 3.05) is 19.6 Å². The molecule has 2 aromatic rings. The number of halogens is 2. The van der Waals surface area contributed by atoms with Gasteiger partial charge < -0.3 is 14.4 Å². The van der Waals surface area contributed by atoms with Crippen LogP contribution in [-0.2, 0) is 11.2 Å². The summed E-state index contributed by atoms with van der Waals surface area (Å²) < 4.78 is 31.9. The highest BCUT2D eigenvalue weighted by Crippen LogP contribution is 2.34. The molecule has 1 aliphatic heterocycles. The number of aromatic amines is 1. The van der Waals surface area contributed by atoms with E-state index in [-0.39, 0.29) is 18.0 Å². The van der Waals surface area contributed by atoms with E-state index in [2.05, 4.69) is 10.2 Å². The summed E-state index contributed by atoms with van der Waals surface area (Å²) in [7, 11) is 0. The van der Waals surface area contributed by atoms with E-state index in [4.69, 9.17) is 4.42 Å². The zero-order valence-corrected chi connectivity index (χ0v) is 12.5. The molecule has 0 spiro atoms. The number of hydrogen-bond acceptors (Lipinski definition) is 5. The lowest BCUT2D eigenvalue weighted by molar-refractivity contribution is -0.141. The predicted molar refractivity (Wildman–Crippen MR) is 77.5 cm³/mol. The first-order valence-electron chi connectivity index (χ1n) is 7.38. The smallest absolute Gasteiger partial charge is 0.434 e. The number of rotatable bonds is 5. The minimum absolute atomic E-state index is 0.192. The monoisotopic (exact) mass is 339 g/mol. The number of benzene rings is 1. The van der Waals surface area contributed by atoms with E-state index in [0.717, 1.165) is 12.1 Å². The quantitative estimate of drug-likeness (QED) is 0.843. The van der Waals surface area contributed by atoms with E-state index in [1.165, 1.54) is 6.07 Å². The number of hydrogen-bond donors (Lipinski definition) is 2. The van der Waals surface area contributed by atoms with E-state index in [1.807, 2.05) is 4.90 Å². The predicted octanol–water partition coefficient (Wildman–Crippen LogP) is 0.984. The first kappa shape index (κ1) is 16.3. The van der Waals surface area contributed by atoms with Crippen LogP contribution in [0.4, 0.5) is 8.78 Å². The Balaban J connectivity index is 1.74. The molecular formula is C15H15F2N3O4. The van der Waals surface area contributed by atoms with Gasteiger partial charge in [0.15, 0.2) is 0 Å². The first-order valence-corrected chi connectivity index (χ1v) is 7.38. The van der Waals surface area contributed by atoms with Gasteiger partial charge in [0.05, 0.1) is 5.92 Å². The Bertz CT molecular complexity index is 804. The van der Waals surface area contributed by atoms with Crippen molar-refractivity contribution in [3.05, 3.63) is 51.8 Å². The number of nitrogens with zero attached hydrogens (tertiary/aromatic N) is 2. The molecule has 7 nitrogen and oxygen atoms in total. The third-order valence-corrected chi connectivity index (χ3v) is 4.20. The molecule has 0 radical (unpaired) electrons. The molecule has 24 heavy (non-hydrogen) atoms. The first-order chi connectivity index (χ1) is 11.4. The van der Waals surface area contributed by atoms with Crippen molar-refractivity contribution in [2.24, 2.45) is 5.92 Å². The molecule has 2 atom stereocenters. The number of carbonyl (C=O) groups is 1. The lowest BCUT2D eigenvalue weighted by Crippen LogP contribution is -2.25. The van der Waals surface area contributed by atoms with Crippen molar-refractivity contribution < 1.29 is 23.1 Å². The van der Waals surface area contributed by atoms with Crippen LogP contribution >= 0.6 is 0 Å². The number of carboxylic acid groups (broad SMARTS) is 1. The molecule has 128 valence electrons. The molecule has 2 N–H and O–H groups in total. The van der Waals surface area contributed by atoms with Gasteiger partial charge in [-0.1, -0.05) is 6.07 Å². The minimum Gasteiger partial charge on any atom is -0.481 e. The van der Waals surface area contributed by atoms with Gasteiger partial charge in [0.1, 0.15) is 11.6 Å². The Morgan fingerprint density at radius 3 is 2.83 bits per heavy atom. The standard InChI is InChI=1S/C15H15F2N3O4/c16-8-1-2-9(12(17)5-8)10-6-20(7-11(10)14(21)22)4-3-13-18-19-15(23)24-13/h1-2,5,10-11H,3-4,6-7H2,(H,19,23)(H,21,22)/t10-,11+/m0/s1. The number of aliphatic carboxylic acids is 1. The molecule has 0 bridgehead atoms. The Labute approximate surface area is 134 Å². The summed E-state index contributed by atoms with van der Waals surface area (Å²) in [5.41, 5.74) is 0.192. The number of nitrogens with one attached hydrogen (secondary N) is 1. The lowest BCUT2D eigenvalue weighted by Gasteiger charge is -2.16. The zero-order chi connectivity index (χ0) is 17.3.